The highest BCUT2D eigenvalue weighted by Crippen LogP contribution is 2.18. The zero-order chi connectivity index (χ0) is 13.8. The topological polar surface area (TPSA) is 66.9 Å². The number of hydrogen-bond acceptors (Lipinski definition) is 4. The van der Waals surface area contributed by atoms with E-state index in [1.165, 1.54) is 6.33 Å². The van der Waals surface area contributed by atoms with Gasteiger partial charge in [-0.3, -0.25) is 4.79 Å². The fourth-order valence-electron chi connectivity index (χ4n) is 1.50. The summed E-state index contributed by atoms with van der Waals surface area (Å²) < 4.78 is 13.8. The zero-order valence-electron chi connectivity index (χ0n) is 11.2. The van der Waals surface area contributed by atoms with Gasteiger partial charge in [0.25, 0.3) is 0 Å². The number of rotatable bonds is 5. The van der Waals surface area contributed by atoms with Gasteiger partial charge in [-0.05, 0) is 20.3 Å². The second-order valence-corrected chi connectivity index (χ2v) is 4.65. The van der Waals surface area contributed by atoms with E-state index >= 15 is 0 Å². The fourth-order valence-corrected chi connectivity index (χ4v) is 1.50. The van der Waals surface area contributed by atoms with Crippen LogP contribution in [-0.4, -0.2) is 29.5 Å². The quantitative estimate of drug-likeness (QED) is 0.832. The van der Waals surface area contributed by atoms with Crippen LogP contribution in [0.15, 0.2) is 6.33 Å². The monoisotopic (exact) mass is 254 g/mol. The van der Waals surface area contributed by atoms with Crippen LogP contribution >= 0.6 is 0 Å². The van der Waals surface area contributed by atoms with E-state index in [1.54, 1.807) is 20.9 Å². The highest BCUT2D eigenvalue weighted by molar-refractivity contribution is 5.82. The van der Waals surface area contributed by atoms with Crippen LogP contribution in [0.4, 0.5) is 10.2 Å². The summed E-state index contributed by atoms with van der Waals surface area (Å²) in [6, 6.07) is 0. The lowest BCUT2D eigenvalue weighted by atomic mass is 9.92. The Morgan fingerprint density at radius 2 is 2.11 bits per heavy atom. The van der Waals surface area contributed by atoms with Gasteiger partial charge in [-0.1, -0.05) is 6.92 Å². The van der Waals surface area contributed by atoms with Crippen molar-refractivity contribution in [3.05, 3.63) is 17.8 Å². The van der Waals surface area contributed by atoms with E-state index in [-0.39, 0.29) is 11.7 Å². The molecule has 0 aromatic carbocycles. The summed E-state index contributed by atoms with van der Waals surface area (Å²) in [6.07, 6.45) is 1.82. The molecule has 0 atom stereocenters. The molecule has 1 heterocycles. The molecule has 18 heavy (non-hydrogen) atoms. The SMILES string of the molecule is CCc1ncnc(NCC(C)(C)C(=O)NC)c1F. The molecule has 0 fully saturated rings. The summed E-state index contributed by atoms with van der Waals surface area (Å²) in [4.78, 5) is 19.3. The normalized spacial score (nSPS) is 11.2. The van der Waals surface area contributed by atoms with Crippen molar-refractivity contribution in [2.45, 2.75) is 27.2 Å². The third kappa shape index (κ3) is 3.15. The van der Waals surface area contributed by atoms with Crippen LogP contribution in [0.1, 0.15) is 26.5 Å². The minimum Gasteiger partial charge on any atom is -0.366 e. The van der Waals surface area contributed by atoms with E-state index in [0.29, 0.717) is 18.7 Å². The maximum Gasteiger partial charge on any atom is 0.227 e. The Kier molecular flexibility index (Phi) is 4.58. The van der Waals surface area contributed by atoms with Crippen LogP contribution in [0.5, 0.6) is 0 Å². The molecule has 5 nitrogen and oxygen atoms in total. The number of nitrogens with one attached hydrogen (secondary N) is 2. The largest absolute Gasteiger partial charge is 0.366 e. The molecule has 1 rings (SSSR count). The summed E-state index contributed by atoms with van der Waals surface area (Å²) in [7, 11) is 1.57. The van der Waals surface area contributed by atoms with Gasteiger partial charge in [-0.15, -0.1) is 0 Å². The van der Waals surface area contributed by atoms with Gasteiger partial charge in [0, 0.05) is 13.6 Å². The number of aromatic nitrogens is 2. The van der Waals surface area contributed by atoms with Gasteiger partial charge in [-0.2, -0.15) is 0 Å². The van der Waals surface area contributed by atoms with Crippen LogP contribution in [0.25, 0.3) is 0 Å². The smallest absolute Gasteiger partial charge is 0.227 e. The number of amides is 1. The van der Waals surface area contributed by atoms with Crippen LogP contribution in [0, 0.1) is 11.2 Å². The number of nitrogens with zero attached hydrogens (tertiary/aromatic N) is 2. The molecule has 1 aromatic rings. The summed E-state index contributed by atoms with van der Waals surface area (Å²) in [6.45, 7) is 5.67. The molecular weight excluding hydrogens is 235 g/mol. The average molecular weight is 254 g/mol. The lowest BCUT2D eigenvalue weighted by Gasteiger charge is -2.23. The molecule has 1 amide bonds. The predicted octanol–water partition coefficient (Wildman–Crippen LogP) is 1.36. The Morgan fingerprint density at radius 3 is 2.67 bits per heavy atom. The fraction of sp³-hybridized carbons (Fsp3) is 0.583. The standard InChI is InChI=1S/C12H19FN4O/c1-5-8-9(13)10(17-7-16-8)15-6-12(2,3)11(18)14-4/h7H,5-6H2,1-4H3,(H,14,18)(H,15,16,17). The van der Waals surface area contributed by atoms with Crippen LogP contribution < -0.4 is 10.6 Å². The van der Waals surface area contributed by atoms with Crippen molar-refractivity contribution in [3.8, 4) is 0 Å². The number of carbonyl (C=O) groups is 1. The maximum atomic E-state index is 13.8. The van der Waals surface area contributed by atoms with Crippen molar-refractivity contribution >= 4 is 11.7 Å². The molecule has 0 aliphatic rings. The summed E-state index contributed by atoms with van der Waals surface area (Å²) in [5.41, 5.74) is -0.274. The van der Waals surface area contributed by atoms with Gasteiger partial charge < -0.3 is 10.6 Å². The first-order valence-corrected chi connectivity index (χ1v) is 5.87. The second-order valence-electron chi connectivity index (χ2n) is 4.65. The van der Waals surface area contributed by atoms with Gasteiger partial charge in [0.1, 0.15) is 6.33 Å². The highest BCUT2D eigenvalue weighted by atomic mass is 19.1. The highest BCUT2D eigenvalue weighted by Gasteiger charge is 2.27. The summed E-state index contributed by atoms with van der Waals surface area (Å²) >= 11 is 0. The summed E-state index contributed by atoms with van der Waals surface area (Å²) in [5.74, 6) is -0.424. The lowest BCUT2D eigenvalue weighted by Crippen LogP contribution is -2.39. The number of hydrogen-bond donors (Lipinski definition) is 2. The Morgan fingerprint density at radius 1 is 1.44 bits per heavy atom. The first-order valence-electron chi connectivity index (χ1n) is 5.87. The second kappa shape index (κ2) is 5.75. The molecule has 100 valence electrons. The van der Waals surface area contributed by atoms with E-state index in [4.69, 9.17) is 0 Å². The number of aryl methyl sites for hydroxylation is 1. The van der Waals surface area contributed by atoms with Gasteiger partial charge in [-0.25, -0.2) is 14.4 Å². The van der Waals surface area contributed by atoms with Crippen molar-refractivity contribution in [2.75, 3.05) is 18.9 Å². The first-order chi connectivity index (χ1) is 8.42. The predicted molar refractivity (Wildman–Crippen MR) is 67.7 cm³/mol. The molecule has 0 aliphatic heterocycles. The molecule has 0 spiro atoms. The van der Waals surface area contributed by atoms with Crippen molar-refractivity contribution < 1.29 is 9.18 Å². The van der Waals surface area contributed by atoms with E-state index in [2.05, 4.69) is 20.6 Å². The molecule has 2 N–H and O–H groups in total. The van der Waals surface area contributed by atoms with Crippen LogP contribution in [-0.2, 0) is 11.2 Å². The number of halogens is 1. The minimum atomic E-state index is -0.640. The van der Waals surface area contributed by atoms with Crippen LogP contribution in [0.2, 0.25) is 0 Å². The van der Waals surface area contributed by atoms with E-state index in [0.717, 1.165) is 0 Å². The van der Waals surface area contributed by atoms with E-state index in [1.807, 2.05) is 6.92 Å². The van der Waals surface area contributed by atoms with Crippen molar-refractivity contribution in [1.82, 2.24) is 15.3 Å². The third-order valence-electron chi connectivity index (χ3n) is 2.74. The van der Waals surface area contributed by atoms with Gasteiger partial charge in [0.05, 0.1) is 11.1 Å². The molecule has 1 aromatic heterocycles. The third-order valence-corrected chi connectivity index (χ3v) is 2.74. The van der Waals surface area contributed by atoms with Crippen LogP contribution in [0.3, 0.4) is 0 Å². The molecule has 0 bridgehead atoms. The average Bonchev–Trinajstić information content (AvgIpc) is 2.36. The number of anilines is 1. The Bertz CT molecular complexity index is 434. The molecule has 0 radical (unpaired) electrons. The molecule has 0 aliphatic carbocycles. The summed E-state index contributed by atoms with van der Waals surface area (Å²) in [5, 5.41) is 5.43. The zero-order valence-corrected chi connectivity index (χ0v) is 11.2. The Balaban J connectivity index is 2.78. The Hall–Kier alpha value is -1.72. The molecule has 0 unspecified atom stereocenters. The van der Waals surface area contributed by atoms with Crippen molar-refractivity contribution in [2.24, 2.45) is 5.41 Å². The van der Waals surface area contributed by atoms with E-state index < -0.39 is 11.2 Å². The van der Waals surface area contributed by atoms with Gasteiger partial charge in [0.15, 0.2) is 11.6 Å². The lowest BCUT2D eigenvalue weighted by molar-refractivity contribution is -0.128. The first kappa shape index (κ1) is 14.3. The van der Waals surface area contributed by atoms with Gasteiger partial charge >= 0.3 is 0 Å². The van der Waals surface area contributed by atoms with Gasteiger partial charge in [0.2, 0.25) is 5.91 Å². The van der Waals surface area contributed by atoms with Crippen molar-refractivity contribution in [1.29, 1.82) is 0 Å². The van der Waals surface area contributed by atoms with Crippen molar-refractivity contribution in [3.63, 3.8) is 0 Å². The molecular formula is C12H19FN4O. The molecule has 0 saturated carbocycles. The minimum absolute atomic E-state index is 0.111. The Labute approximate surface area is 106 Å². The molecule has 6 heteroatoms. The number of carbonyl (C=O) groups excluding carboxylic acids is 1. The van der Waals surface area contributed by atoms with E-state index in [9.17, 15) is 9.18 Å². The molecule has 0 saturated heterocycles. The maximum absolute atomic E-state index is 13.8.